The van der Waals surface area contributed by atoms with Crippen LogP contribution in [0.4, 0.5) is 0 Å². The fourth-order valence-corrected chi connectivity index (χ4v) is 2.50. The first-order valence-corrected chi connectivity index (χ1v) is 8.56. The Bertz CT molecular complexity index is 49.2. The monoisotopic (exact) mass is 252 g/mol. The van der Waals surface area contributed by atoms with Crippen molar-refractivity contribution in [2.24, 2.45) is 0 Å². The molecule has 1 N–H and O–H groups in total. The zero-order valence-corrected chi connectivity index (χ0v) is 12.8. The molecule has 0 aromatic heterocycles. The summed E-state index contributed by atoms with van der Waals surface area (Å²) in [6, 6.07) is 0. The summed E-state index contributed by atoms with van der Waals surface area (Å²) in [5.74, 6) is 0. The van der Waals surface area contributed by atoms with E-state index in [-0.39, 0.29) is 0 Å². The summed E-state index contributed by atoms with van der Waals surface area (Å²) >= 11 is 0.928. The van der Waals surface area contributed by atoms with E-state index in [0.717, 1.165) is 28.9 Å². The quantitative estimate of drug-likeness (QED) is 0.530. The van der Waals surface area contributed by atoms with Crippen LogP contribution in [-0.2, 0) is 0 Å². The predicted molar refractivity (Wildman–Crippen MR) is 49.5 cm³/mol. The van der Waals surface area contributed by atoms with Crippen LogP contribution in [0.3, 0.4) is 0 Å². The minimum atomic E-state index is 0.379. The van der Waals surface area contributed by atoms with Crippen LogP contribution >= 0.6 is 0 Å². The summed E-state index contributed by atoms with van der Waals surface area (Å²) in [5.41, 5.74) is 0. The number of unbranched alkanes of at least 4 members (excludes halogenated alkanes) is 5. The molecule has 0 spiro atoms. The van der Waals surface area contributed by atoms with Gasteiger partial charge in [-0.05, 0) is 0 Å². The van der Waals surface area contributed by atoms with Gasteiger partial charge in [0.1, 0.15) is 0 Å². The van der Waals surface area contributed by atoms with Crippen molar-refractivity contribution in [3.8, 4) is 0 Å². The summed E-state index contributed by atoms with van der Waals surface area (Å²) in [7, 11) is 0. The van der Waals surface area contributed by atoms with Crippen molar-refractivity contribution in [1.82, 2.24) is 0 Å². The van der Waals surface area contributed by atoms with Gasteiger partial charge >= 0.3 is 77.2 Å². The van der Waals surface area contributed by atoms with Crippen LogP contribution in [0, 0.1) is 0 Å². The minimum absolute atomic E-state index is 0.379. The number of aliphatic hydroxyl groups excluding tert-OH is 1. The Balaban J connectivity index is 2.65. The van der Waals surface area contributed by atoms with Gasteiger partial charge in [0.25, 0.3) is 0 Å². The molecule has 0 radical (unpaired) electrons. The van der Waals surface area contributed by atoms with Crippen molar-refractivity contribution in [3.63, 3.8) is 0 Å². The van der Waals surface area contributed by atoms with Gasteiger partial charge in [0, 0.05) is 0 Å². The first-order valence-electron chi connectivity index (χ1n) is 4.52. The second-order valence-corrected chi connectivity index (χ2v) is 5.70. The fraction of sp³-hybridized carbons (Fsp3) is 1.00. The van der Waals surface area contributed by atoms with Crippen molar-refractivity contribution in [2.45, 2.75) is 43.0 Å². The van der Waals surface area contributed by atoms with Gasteiger partial charge in [0.15, 0.2) is 0 Å². The molecule has 0 amide bonds. The standard InChI is InChI=1S/C8H17O.Sn.3H/c1-2-3-4-5-6-7-8-9;;;;/h9H,1-8H2;;;;. The van der Waals surface area contributed by atoms with E-state index in [2.05, 4.69) is 0 Å². The third kappa shape index (κ3) is 8.76. The average Bonchev–Trinajstić information content (AvgIpc) is 1.97. The number of rotatable bonds is 7. The van der Waals surface area contributed by atoms with Crippen molar-refractivity contribution in [3.05, 3.63) is 0 Å². The van der Waals surface area contributed by atoms with Gasteiger partial charge in [-0.25, -0.2) is 0 Å². The van der Waals surface area contributed by atoms with E-state index in [4.69, 9.17) is 5.11 Å². The molecule has 0 aliphatic rings. The van der Waals surface area contributed by atoms with Crippen LogP contribution in [0.2, 0.25) is 4.44 Å². The van der Waals surface area contributed by atoms with Crippen LogP contribution in [0.15, 0.2) is 0 Å². The molecule has 0 atom stereocenters. The van der Waals surface area contributed by atoms with Crippen LogP contribution in [0.5, 0.6) is 0 Å². The third-order valence-electron chi connectivity index (χ3n) is 1.76. The Morgan fingerprint density at radius 3 is 1.80 bits per heavy atom. The summed E-state index contributed by atoms with van der Waals surface area (Å²) in [6.07, 6.45) is 7.85. The first kappa shape index (κ1) is 10.8. The molecule has 62 valence electrons. The SMILES string of the molecule is OCCCCCCC[CH2][SnH3]. The molecule has 0 saturated carbocycles. The Labute approximate surface area is 77.3 Å². The van der Waals surface area contributed by atoms with Crippen molar-refractivity contribution in [1.29, 1.82) is 0 Å². The van der Waals surface area contributed by atoms with E-state index in [9.17, 15) is 0 Å². The summed E-state index contributed by atoms with van der Waals surface area (Å²) in [4.78, 5) is 0. The van der Waals surface area contributed by atoms with Crippen LogP contribution in [0.25, 0.3) is 0 Å². The van der Waals surface area contributed by atoms with E-state index in [1.807, 2.05) is 0 Å². The molecule has 0 aromatic carbocycles. The van der Waals surface area contributed by atoms with E-state index < -0.39 is 0 Å². The molecule has 0 aliphatic carbocycles. The molecule has 0 fully saturated rings. The molecule has 0 heterocycles. The van der Waals surface area contributed by atoms with Gasteiger partial charge < -0.3 is 0 Å². The summed E-state index contributed by atoms with van der Waals surface area (Å²) in [5, 5.41) is 8.48. The van der Waals surface area contributed by atoms with Crippen molar-refractivity contribution >= 4 is 22.5 Å². The third-order valence-corrected chi connectivity index (χ3v) is 3.78. The molecule has 10 heavy (non-hydrogen) atoms. The normalized spacial score (nSPS) is 10.5. The Kier molecular flexibility index (Phi) is 10.5. The number of aliphatic hydroxyl groups is 1. The van der Waals surface area contributed by atoms with Gasteiger partial charge in [-0.15, -0.1) is 0 Å². The van der Waals surface area contributed by atoms with E-state index in [1.165, 1.54) is 36.5 Å². The molecular formula is C8H20OSn. The van der Waals surface area contributed by atoms with Crippen LogP contribution < -0.4 is 0 Å². The zero-order chi connectivity index (χ0) is 7.66. The summed E-state index contributed by atoms with van der Waals surface area (Å²) in [6.45, 7) is 0.379. The fourth-order valence-electron chi connectivity index (χ4n) is 1.07. The summed E-state index contributed by atoms with van der Waals surface area (Å²) < 4.78 is 1.53. The Hall–Kier alpha value is 0.759. The van der Waals surface area contributed by atoms with Crippen LogP contribution in [0.1, 0.15) is 38.5 Å². The van der Waals surface area contributed by atoms with Crippen molar-refractivity contribution in [2.75, 3.05) is 6.61 Å². The zero-order valence-electron chi connectivity index (χ0n) is 7.10. The van der Waals surface area contributed by atoms with E-state index >= 15 is 0 Å². The van der Waals surface area contributed by atoms with Gasteiger partial charge in [-0.1, -0.05) is 0 Å². The number of hydrogen-bond acceptors (Lipinski definition) is 1. The van der Waals surface area contributed by atoms with Gasteiger partial charge in [0.05, 0.1) is 0 Å². The molecule has 1 nitrogen and oxygen atoms in total. The Morgan fingerprint density at radius 2 is 1.30 bits per heavy atom. The van der Waals surface area contributed by atoms with Crippen LogP contribution in [-0.4, -0.2) is 34.2 Å². The van der Waals surface area contributed by atoms with E-state index in [0.29, 0.717) is 6.61 Å². The molecule has 0 saturated heterocycles. The predicted octanol–water partition coefficient (Wildman–Crippen LogP) is 1.10. The second kappa shape index (κ2) is 9.76. The average molecular weight is 251 g/mol. The topological polar surface area (TPSA) is 20.2 Å². The molecule has 2 heteroatoms. The van der Waals surface area contributed by atoms with Gasteiger partial charge in [-0.2, -0.15) is 0 Å². The maximum absolute atomic E-state index is 8.48. The number of hydrogen-bond donors (Lipinski definition) is 1. The maximum atomic E-state index is 8.48. The van der Waals surface area contributed by atoms with E-state index in [1.54, 1.807) is 0 Å². The van der Waals surface area contributed by atoms with Crippen molar-refractivity contribution < 1.29 is 5.11 Å². The molecule has 0 bridgehead atoms. The Morgan fingerprint density at radius 1 is 0.800 bits per heavy atom. The first-order chi connectivity index (χ1) is 4.91. The molecule has 0 aliphatic heterocycles. The second-order valence-electron chi connectivity index (χ2n) is 2.84. The molecule has 0 rings (SSSR count). The molecular weight excluding hydrogens is 231 g/mol. The van der Waals surface area contributed by atoms with Gasteiger partial charge in [0.2, 0.25) is 0 Å². The molecule has 0 unspecified atom stereocenters. The van der Waals surface area contributed by atoms with Gasteiger partial charge in [-0.3, -0.25) is 0 Å². The molecule has 0 aromatic rings.